The number of aliphatic hydroxyl groups is 1. The third-order valence-electron chi connectivity index (χ3n) is 4.37. The van der Waals surface area contributed by atoms with Gasteiger partial charge in [0.2, 0.25) is 0 Å². The highest BCUT2D eigenvalue weighted by Gasteiger charge is 2.37. The maximum Gasteiger partial charge on any atom is 0.573 e. The monoisotopic (exact) mass is 445 g/mol. The standard InChI is InChI=1S/C20H26F3N3O5/c1-11(2)19(6,28)16-25-15(26-31-16)14(24-17(27)30-18(3,4)5)12-9-7-8-10-13(12)29-20(21,22)23/h7-11,14,28H,1-6H3,(H,24,27)/t14-,19-/m1/s1. The number of nitrogens with one attached hydrogen (secondary N) is 1. The molecule has 0 aliphatic heterocycles. The van der Waals surface area contributed by atoms with Gasteiger partial charge in [-0.05, 0) is 39.7 Å². The smallest absolute Gasteiger partial charge is 0.444 e. The van der Waals surface area contributed by atoms with Crippen LogP contribution in [0.3, 0.4) is 0 Å². The molecule has 1 aromatic carbocycles. The molecule has 0 spiro atoms. The van der Waals surface area contributed by atoms with Crippen molar-refractivity contribution in [3.05, 3.63) is 41.5 Å². The molecule has 1 heterocycles. The second-order valence-electron chi connectivity index (χ2n) is 8.42. The van der Waals surface area contributed by atoms with Gasteiger partial charge in [-0.1, -0.05) is 37.2 Å². The normalized spacial score (nSPS) is 15.3. The molecule has 11 heteroatoms. The minimum atomic E-state index is -4.96. The first-order valence-electron chi connectivity index (χ1n) is 9.51. The number of nitrogens with zero attached hydrogens (tertiary/aromatic N) is 2. The summed E-state index contributed by atoms with van der Waals surface area (Å²) in [4.78, 5) is 16.5. The van der Waals surface area contributed by atoms with Crippen LogP contribution in [0, 0.1) is 5.92 Å². The number of benzene rings is 1. The molecule has 2 atom stereocenters. The average molecular weight is 445 g/mol. The van der Waals surface area contributed by atoms with Gasteiger partial charge in [-0.3, -0.25) is 0 Å². The van der Waals surface area contributed by atoms with E-state index in [-0.39, 0.29) is 23.2 Å². The van der Waals surface area contributed by atoms with E-state index in [1.807, 2.05) is 0 Å². The van der Waals surface area contributed by atoms with E-state index in [0.717, 1.165) is 6.07 Å². The Bertz CT molecular complexity index is 904. The van der Waals surface area contributed by atoms with E-state index in [9.17, 15) is 23.1 Å². The van der Waals surface area contributed by atoms with E-state index < -0.39 is 35.4 Å². The lowest BCUT2D eigenvalue weighted by molar-refractivity contribution is -0.275. The van der Waals surface area contributed by atoms with Crippen LogP contribution in [-0.2, 0) is 10.3 Å². The zero-order chi connectivity index (χ0) is 23.6. The van der Waals surface area contributed by atoms with Crippen LogP contribution in [0.1, 0.15) is 64.9 Å². The van der Waals surface area contributed by atoms with Crippen molar-refractivity contribution < 1.29 is 37.1 Å². The lowest BCUT2D eigenvalue weighted by atomic mass is 9.92. The molecule has 31 heavy (non-hydrogen) atoms. The average Bonchev–Trinajstić information content (AvgIpc) is 3.08. The van der Waals surface area contributed by atoms with E-state index in [2.05, 4.69) is 20.2 Å². The van der Waals surface area contributed by atoms with Gasteiger partial charge in [0.1, 0.15) is 23.0 Å². The number of hydrogen-bond acceptors (Lipinski definition) is 7. The van der Waals surface area contributed by atoms with Gasteiger partial charge in [0.15, 0.2) is 5.82 Å². The number of alkyl halides is 3. The number of para-hydroxylation sites is 1. The summed E-state index contributed by atoms with van der Waals surface area (Å²) in [5.41, 5.74) is -2.44. The van der Waals surface area contributed by atoms with Crippen molar-refractivity contribution in [1.82, 2.24) is 15.5 Å². The number of carbonyl (C=O) groups is 1. The Hall–Kier alpha value is -2.82. The van der Waals surface area contributed by atoms with Gasteiger partial charge in [0.25, 0.3) is 5.89 Å². The molecule has 2 aromatic rings. The Morgan fingerprint density at radius 1 is 1.16 bits per heavy atom. The largest absolute Gasteiger partial charge is 0.573 e. The van der Waals surface area contributed by atoms with Gasteiger partial charge in [-0.15, -0.1) is 13.2 Å². The number of alkyl carbamates (subject to hydrolysis) is 1. The van der Waals surface area contributed by atoms with Crippen LogP contribution in [0.25, 0.3) is 0 Å². The van der Waals surface area contributed by atoms with E-state index >= 15 is 0 Å². The van der Waals surface area contributed by atoms with Crippen LogP contribution in [0.2, 0.25) is 0 Å². The first-order chi connectivity index (χ1) is 14.1. The number of carbonyl (C=O) groups excluding carboxylic acids is 1. The molecule has 0 fully saturated rings. The predicted octanol–water partition coefficient (Wildman–Crippen LogP) is 4.45. The summed E-state index contributed by atoms with van der Waals surface area (Å²) >= 11 is 0. The van der Waals surface area contributed by atoms with Crippen molar-refractivity contribution >= 4 is 6.09 Å². The quantitative estimate of drug-likeness (QED) is 0.677. The van der Waals surface area contributed by atoms with Crippen LogP contribution < -0.4 is 10.1 Å². The Balaban J connectivity index is 2.52. The summed E-state index contributed by atoms with van der Waals surface area (Å²) in [6.45, 7) is 9.82. The highest BCUT2D eigenvalue weighted by Crippen LogP contribution is 2.34. The van der Waals surface area contributed by atoms with Crippen molar-refractivity contribution in [2.75, 3.05) is 0 Å². The first-order valence-corrected chi connectivity index (χ1v) is 9.51. The minimum Gasteiger partial charge on any atom is -0.444 e. The summed E-state index contributed by atoms with van der Waals surface area (Å²) in [5.74, 6) is -1.19. The fraction of sp³-hybridized carbons (Fsp3) is 0.550. The van der Waals surface area contributed by atoms with E-state index in [0.29, 0.717) is 0 Å². The second kappa shape index (κ2) is 8.74. The lowest BCUT2D eigenvalue weighted by Crippen LogP contribution is -2.36. The Kier molecular flexibility index (Phi) is 6.89. The molecular weight excluding hydrogens is 419 g/mol. The van der Waals surface area contributed by atoms with Gasteiger partial charge < -0.3 is 24.4 Å². The second-order valence-corrected chi connectivity index (χ2v) is 8.42. The van der Waals surface area contributed by atoms with E-state index in [1.165, 1.54) is 25.1 Å². The lowest BCUT2D eigenvalue weighted by Gasteiger charge is -2.24. The summed E-state index contributed by atoms with van der Waals surface area (Å²) < 4.78 is 53.2. The van der Waals surface area contributed by atoms with Crippen molar-refractivity contribution in [2.24, 2.45) is 5.92 Å². The zero-order valence-corrected chi connectivity index (χ0v) is 18.1. The van der Waals surface area contributed by atoms with E-state index in [1.54, 1.807) is 34.6 Å². The first kappa shape index (κ1) is 24.4. The number of hydrogen-bond donors (Lipinski definition) is 2. The summed E-state index contributed by atoms with van der Waals surface area (Å²) in [7, 11) is 0. The SMILES string of the molecule is CC(C)[C@@](C)(O)c1nc([C@H](NC(=O)OC(C)(C)C)c2ccccc2OC(F)(F)F)no1. The molecule has 172 valence electrons. The number of ether oxygens (including phenoxy) is 2. The zero-order valence-electron chi connectivity index (χ0n) is 18.1. The molecule has 0 unspecified atom stereocenters. The molecule has 1 aromatic heterocycles. The third kappa shape index (κ3) is 6.58. The van der Waals surface area contributed by atoms with Gasteiger partial charge in [-0.25, -0.2) is 4.79 Å². The van der Waals surface area contributed by atoms with Gasteiger partial charge in [0.05, 0.1) is 0 Å². The number of aromatic nitrogens is 2. The van der Waals surface area contributed by atoms with Crippen molar-refractivity contribution in [3.8, 4) is 5.75 Å². The van der Waals surface area contributed by atoms with Crippen molar-refractivity contribution in [1.29, 1.82) is 0 Å². The topological polar surface area (TPSA) is 107 Å². The Morgan fingerprint density at radius 3 is 2.32 bits per heavy atom. The van der Waals surface area contributed by atoms with Crippen LogP contribution in [0.4, 0.5) is 18.0 Å². The summed E-state index contributed by atoms with van der Waals surface area (Å²) in [6, 6.07) is 3.92. The molecule has 0 saturated carbocycles. The van der Waals surface area contributed by atoms with Crippen LogP contribution in [0.5, 0.6) is 5.75 Å². The third-order valence-corrected chi connectivity index (χ3v) is 4.37. The highest BCUT2D eigenvalue weighted by molar-refractivity contribution is 5.69. The summed E-state index contributed by atoms with van der Waals surface area (Å²) in [5, 5.41) is 16.8. The Morgan fingerprint density at radius 2 is 1.77 bits per heavy atom. The van der Waals surface area contributed by atoms with Gasteiger partial charge in [-0.2, -0.15) is 4.98 Å². The molecule has 1 amide bonds. The van der Waals surface area contributed by atoms with Crippen molar-refractivity contribution in [3.63, 3.8) is 0 Å². The number of rotatable bonds is 6. The maximum absolute atomic E-state index is 12.9. The van der Waals surface area contributed by atoms with Gasteiger partial charge >= 0.3 is 12.5 Å². The van der Waals surface area contributed by atoms with Gasteiger partial charge in [0, 0.05) is 5.56 Å². The number of halogens is 3. The molecule has 0 saturated heterocycles. The minimum absolute atomic E-state index is 0.0813. The van der Waals surface area contributed by atoms with E-state index in [4.69, 9.17) is 9.26 Å². The van der Waals surface area contributed by atoms with Crippen LogP contribution >= 0.6 is 0 Å². The molecule has 2 rings (SSSR count). The Labute approximate surface area is 177 Å². The van der Waals surface area contributed by atoms with Crippen LogP contribution in [0.15, 0.2) is 28.8 Å². The molecule has 8 nitrogen and oxygen atoms in total. The molecule has 0 aliphatic rings. The molecular formula is C20H26F3N3O5. The molecule has 2 N–H and O–H groups in total. The number of amides is 1. The fourth-order valence-electron chi connectivity index (χ4n) is 2.45. The van der Waals surface area contributed by atoms with Crippen LogP contribution in [-0.4, -0.2) is 33.3 Å². The fourth-order valence-corrected chi connectivity index (χ4v) is 2.45. The molecule has 0 radical (unpaired) electrons. The molecule has 0 aliphatic carbocycles. The molecule has 0 bridgehead atoms. The predicted molar refractivity (Wildman–Crippen MR) is 103 cm³/mol. The maximum atomic E-state index is 12.9. The highest BCUT2D eigenvalue weighted by atomic mass is 19.4. The van der Waals surface area contributed by atoms with Crippen molar-refractivity contribution in [2.45, 2.75) is 65.1 Å². The summed E-state index contributed by atoms with van der Waals surface area (Å²) in [6.07, 6.45) is -5.88.